The summed E-state index contributed by atoms with van der Waals surface area (Å²) >= 11 is 0. The number of rotatable bonds is 2. The zero-order chi connectivity index (χ0) is 8.85. The molecule has 0 radical (unpaired) electrons. The van der Waals surface area contributed by atoms with E-state index in [0.29, 0.717) is 0 Å². The van der Waals surface area contributed by atoms with Crippen LogP contribution in [0.4, 0.5) is 0 Å². The van der Waals surface area contributed by atoms with Crippen molar-refractivity contribution in [3.8, 4) is 0 Å². The highest BCUT2D eigenvalue weighted by Gasteiger charge is 1.88. The van der Waals surface area contributed by atoms with E-state index in [-0.39, 0.29) is 0 Å². The topological polar surface area (TPSA) is 52.0 Å². The molecule has 0 amide bonds. The van der Waals surface area contributed by atoms with Crippen LogP contribution < -0.4 is 11.5 Å². The van der Waals surface area contributed by atoms with Crippen LogP contribution in [0.1, 0.15) is 20.8 Å². The summed E-state index contributed by atoms with van der Waals surface area (Å²) in [6.45, 7) is 5.94. The van der Waals surface area contributed by atoms with E-state index in [1.165, 1.54) is 11.8 Å². The molecule has 0 bridgehead atoms. The van der Waals surface area contributed by atoms with Gasteiger partial charge < -0.3 is 11.5 Å². The second-order valence-electron chi connectivity index (χ2n) is 2.72. The van der Waals surface area contributed by atoms with Gasteiger partial charge in [-0.05, 0) is 44.7 Å². The summed E-state index contributed by atoms with van der Waals surface area (Å²) in [5.74, 6) is 0. The molecule has 0 saturated heterocycles. The predicted octanol–water partition coefficient (Wildman–Crippen LogP) is 1.66. The van der Waals surface area contributed by atoms with Crippen LogP contribution in [0.5, 0.6) is 0 Å². The molecule has 0 spiro atoms. The van der Waals surface area contributed by atoms with Gasteiger partial charge in [-0.1, -0.05) is 5.57 Å². The molecular weight excluding hydrogens is 136 g/mol. The van der Waals surface area contributed by atoms with Crippen LogP contribution in [0, 0.1) is 0 Å². The molecule has 4 N–H and O–H groups in total. The van der Waals surface area contributed by atoms with E-state index >= 15 is 0 Å². The van der Waals surface area contributed by atoms with Crippen molar-refractivity contribution in [3.05, 3.63) is 35.2 Å². The third-order valence-electron chi connectivity index (χ3n) is 1.25. The minimum Gasteiger partial charge on any atom is -0.405 e. The molecule has 0 fully saturated rings. The maximum Gasteiger partial charge on any atom is 0.0343 e. The summed E-state index contributed by atoms with van der Waals surface area (Å²) in [6.07, 6.45) is 5.20. The van der Waals surface area contributed by atoms with Crippen molar-refractivity contribution in [3.63, 3.8) is 0 Å². The highest BCUT2D eigenvalue weighted by Crippen LogP contribution is 2.03. The van der Waals surface area contributed by atoms with Gasteiger partial charge >= 0.3 is 0 Å². The molecule has 0 atom stereocenters. The average Bonchev–Trinajstić information content (AvgIpc) is 1.86. The van der Waals surface area contributed by atoms with Crippen molar-refractivity contribution < 1.29 is 0 Å². The fraction of sp³-hybridized carbons (Fsp3) is 0.333. The lowest BCUT2D eigenvalue weighted by atomic mass is 10.2. The van der Waals surface area contributed by atoms with Gasteiger partial charge in [-0.3, -0.25) is 0 Å². The Kier molecular flexibility index (Phi) is 4.11. The first-order valence-corrected chi connectivity index (χ1v) is 3.57. The molecule has 0 unspecified atom stereocenters. The lowest BCUT2D eigenvalue weighted by Gasteiger charge is -1.97. The fourth-order valence-electron chi connectivity index (χ4n) is 0.665. The van der Waals surface area contributed by atoms with Gasteiger partial charge in [-0.25, -0.2) is 0 Å². The van der Waals surface area contributed by atoms with E-state index in [1.54, 1.807) is 6.08 Å². The Balaban J connectivity index is 4.53. The smallest absolute Gasteiger partial charge is 0.0343 e. The first-order chi connectivity index (χ1) is 5.07. The molecule has 0 aliphatic carbocycles. The molecule has 11 heavy (non-hydrogen) atoms. The Morgan fingerprint density at radius 2 is 1.73 bits per heavy atom. The Morgan fingerprint density at radius 1 is 1.18 bits per heavy atom. The monoisotopic (exact) mass is 152 g/mol. The largest absolute Gasteiger partial charge is 0.405 e. The Hall–Kier alpha value is -1.18. The van der Waals surface area contributed by atoms with Crippen molar-refractivity contribution in [2.75, 3.05) is 0 Å². The normalized spacial score (nSPS) is 13.0. The van der Waals surface area contributed by atoms with Gasteiger partial charge in [0.2, 0.25) is 0 Å². The molecular formula is C9H16N2. The first kappa shape index (κ1) is 9.82. The molecule has 0 saturated carbocycles. The van der Waals surface area contributed by atoms with E-state index in [4.69, 9.17) is 11.5 Å². The van der Waals surface area contributed by atoms with Gasteiger partial charge in [0.25, 0.3) is 0 Å². The molecule has 0 aromatic carbocycles. The maximum absolute atomic E-state index is 5.70. The van der Waals surface area contributed by atoms with Crippen LogP contribution in [0.25, 0.3) is 0 Å². The van der Waals surface area contributed by atoms with Gasteiger partial charge in [0.1, 0.15) is 0 Å². The number of nitrogens with two attached hydrogens (primary N) is 2. The van der Waals surface area contributed by atoms with Crippen molar-refractivity contribution >= 4 is 0 Å². The van der Waals surface area contributed by atoms with Crippen LogP contribution >= 0.6 is 0 Å². The van der Waals surface area contributed by atoms with Crippen LogP contribution in [0.3, 0.4) is 0 Å². The third kappa shape index (κ3) is 4.25. The van der Waals surface area contributed by atoms with Crippen molar-refractivity contribution in [2.24, 2.45) is 11.5 Å². The summed E-state index contributed by atoms with van der Waals surface area (Å²) in [7, 11) is 0. The molecule has 0 aliphatic heterocycles. The molecule has 0 aliphatic rings. The van der Waals surface area contributed by atoms with E-state index in [1.807, 2.05) is 26.8 Å². The number of hydrogen-bond donors (Lipinski definition) is 2. The van der Waals surface area contributed by atoms with E-state index in [2.05, 4.69) is 0 Å². The lowest BCUT2D eigenvalue weighted by molar-refractivity contribution is 1.27. The fourth-order valence-corrected chi connectivity index (χ4v) is 0.665. The van der Waals surface area contributed by atoms with Crippen LogP contribution in [0.2, 0.25) is 0 Å². The summed E-state index contributed by atoms with van der Waals surface area (Å²) in [4.78, 5) is 0. The Morgan fingerprint density at radius 3 is 2.09 bits per heavy atom. The molecule has 2 nitrogen and oxygen atoms in total. The third-order valence-corrected chi connectivity index (χ3v) is 1.25. The molecule has 0 aromatic rings. The van der Waals surface area contributed by atoms with Crippen molar-refractivity contribution in [1.29, 1.82) is 0 Å². The second-order valence-corrected chi connectivity index (χ2v) is 2.72. The first-order valence-electron chi connectivity index (χ1n) is 3.57. The highest BCUT2D eigenvalue weighted by molar-refractivity contribution is 5.30. The van der Waals surface area contributed by atoms with Gasteiger partial charge in [0, 0.05) is 5.70 Å². The zero-order valence-electron chi connectivity index (χ0n) is 7.39. The van der Waals surface area contributed by atoms with Gasteiger partial charge in [0.15, 0.2) is 0 Å². The maximum atomic E-state index is 5.70. The van der Waals surface area contributed by atoms with Crippen LogP contribution in [-0.2, 0) is 0 Å². The second kappa shape index (κ2) is 4.61. The lowest BCUT2D eigenvalue weighted by Crippen LogP contribution is -1.97. The molecule has 0 rings (SSSR count). The minimum absolute atomic E-state index is 0.770. The molecule has 0 heterocycles. The van der Waals surface area contributed by atoms with Crippen LogP contribution in [0.15, 0.2) is 35.2 Å². The molecule has 2 heteroatoms. The Bertz CT molecular complexity index is 206. The quantitative estimate of drug-likeness (QED) is 0.591. The predicted molar refractivity (Wildman–Crippen MR) is 49.6 cm³/mol. The van der Waals surface area contributed by atoms with E-state index < -0.39 is 0 Å². The SMILES string of the molecule is CC(C)=C/C(N)=C(C)\C=C\N. The van der Waals surface area contributed by atoms with Gasteiger partial charge in [-0.2, -0.15) is 0 Å². The average molecular weight is 152 g/mol. The standard InChI is InChI=1S/C9H16N2/c1-7(2)6-9(11)8(3)4-5-10/h4-6H,10-11H2,1-3H3/b5-4+,9-8+. The molecule has 62 valence electrons. The highest BCUT2D eigenvalue weighted by atomic mass is 14.6. The van der Waals surface area contributed by atoms with Gasteiger partial charge in [0.05, 0.1) is 0 Å². The minimum atomic E-state index is 0.770. The zero-order valence-corrected chi connectivity index (χ0v) is 7.39. The van der Waals surface area contributed by atoms with E-state index in [0.717, 1.165) is 11.3 Å². The van der Waals surface area contributed by atoms with Crippen LogP contribution in [-0.4, -0.2) is 0 Å². The number of allylic oxidation sites excluding steroid dienone is 4. The van der Waals surface area contributed by atoms with Crippen molar-refractivity contribution in [1.82, 2.24) is 0 Å². The Labute approximate surface area is 68.3 Å². The summed E-state index contributed by atoms with van der Waals surface area (Å²) in [6, 6.07) is 0. The molecule has 0 aromatic heterocycles. The van der Waals surface area contributed by atoms with E-state index in [9.17, 15) is 0 Å². The van der Waals surface area contributed by atoms with Crippen molar-refractivity contribution in [2.45, 2.75) is 20.8 Å². The summed E-state index contributed by atoms with van der Waals surface area (Å²) in [5.41, 5.74) is 13.9. The van der Waals surface area contributed by atoms with Gasteiger partial charge in [-0.15, -0.1) is 0 Å². The number of hydrogen-bond acceptors (Lipinski definition) is 2. The summed E-state index contributed by atoms with van der Waals surface area (Å²) in [5, 5.41) is 0. The summed E-state index contributed by atoms with van der Waals surface area (Å²) < 4.78 is 0.